The average molecular weight is 401 g/mol. The van der Waals surface area contributed by atoms with Crippen LogP contribution in [0.5, 0.6) is 0 Å². The van der Waals surface area contributed by atoms with E-state index < -0.39 is 9.84 Å². The highest BCUT2D eigenvalue weighted by molar-refractivity contribution is 7.91. The van der Waals surface area contributed by atoms with Gasteiger partial charge in [-0.3, -0.25) is 4.79 Å². The van der Waals surface area contributed by atoms with E-state index in [-0.39, 0.29) is 29.9 Å². The zero-order valence-corrected chi connectivity index (χ0v) is 16.4. The van der Waals surface area contributed by atoms with Crippen LogP contribution in [0.15, 0.2) is 29.3 Å². The normalized spacial score (nSPS) is 19.2. The molecule has 1 amide bonds. The lowest BCUT2D eigenvalue weighted by molar-refractivity contribution is -0.121. The van der Waals surface area contributed by atoms with E-state index >= 15 is 0 Å². The number of nitrogens with zero attached hydrogens (tertiary/aromatic N) is 1. The summed E-state index contributed by atoms with van der Waals surface area (Å²) < 4.78 is 22.8. The molecule has 7 nitrogen and oxygen atoms in total. The van der Waals surface area contributed by atoms with Crippen molar-refractivity contribution < 1.29 is 13.2 Å². The molecule has 1 atom stereocenters. The molecule has 1 fully saturated rings. The minimum absolute atomic E-state index is 0.0390. The second-order valence-electron chi connectivity index (χ2n) is 6.17. The summed E-state index contributed by atoms with van der Waals surface area (Å²) in [6, 6.07) is 7.21. The highest BCUT2D eigenvalue weighted by atomic mass is 35.5. The van der Waals surface area contributed by atoms with Crippen LogP contribution in [0.3, 0.4) is 0 Å². The Balaban J connectivity index is 1.76. The predicted molar refractivity (Wildman–Crippen MR) is 104 cm³/mol. The summed E-state index contributed by atoms with van der Waals surface area (Å²) in [6.45, 7) is 3.59. The van der Waals surface area contributed by atoms with Crippen LogP contribution < -0.4 is 16.0 Å². The second kappa shape index (κ2) is 9.78. The zero-order chi connectivity index (χ0) is 19.0. The number of guanidine groups is 1. The van der Waals surface area contributed by atoms with Gasteiger partial charge in [0.2, 0.25) is 5.91 Å². The molecule has 3 N–H and O–H groups in total. The van der Waals surface area contributed by atoms with Gasteiger partial charge in [0.05, 0.1) is 18.1 Å². The Hall–Kier alpha value is -1.80. The van der Waals surface area contributed by atoms with Crippen LogP contribution in [0, 0.1) is 0 Å². The van der Waals surface area contributed by atoms with Gasteiger partial charge in [-0.2, -0.15) is 0 Å². The molecule has 9 heteroatoms. The van der Waals surface area contributed by atoms with E-state index in [1.807, 2.05) is 31.2 Å². The number of aliphatic imine (C=N–C) groups is 1. The summed E-state index contributed by atoms with van der Waals surface area (Å²) in [4.78, 5) is 16.4. The summed E-state index contributed by atoms with van der Waals surface area (Å²) >= 11 is 5.87. The van der Waals surface area contributed by atoms with E-state index in [2.05, 4.69) is 20.9 Å². The van der Waals surface area contributed by atoms with Gasteiger partial charge in [-0.25, -0.2) is 13.4 Å². The van der Waals surface area contributed by atoms with E-state index in [4.69, 9.17) is 11.6 Å². The second-order valence-corrected chi connectivity index (χ2v) is 8.83. The van der Waals surface area contributed by atoms with Gasteiger partial charge in [-0.15, -0.1) is 0 Å². The SMILES string of the molecule is CCNC(=NCc1ccc(Cl)cc1)NCCC(=O)NC1CCS(=O)(=O)C1. The Kier molecular flexibility index (Phi) is 7.71. The molecule has 1 saturated heterocycles. The van der Waals surface area contributed by atoms with Gasteiger partial charge in [-0.05, 0) is 31.0 Å². The maximum atomic E-state index is 11.9. The summed E-state index contributed by atoms with van der Waals surface area (Å²) in [5.41, 5.74) is 1.03. The highest BCUT2D eigenvalue weighted by Crippen LogP contribution is 2.11. The zero-order valence-electron chi connectivity index (χ0n) is 14.8. The van der Waals surface area contributed by atoms with E-state index in [0.29, 0.717) is 37.0 Å². The molecule has 0 spiro atoms. The van der Waals surface area contributed by atoms with Gasteiger partial charge in [0.1, 0.15) is 0 Å². The Morgan fingerprint density at radius 2 is 2.00 bits per heavy atom. The highest BCUT2D eigenvalue weighted by Gasteiger charge is 2.28. The Bertz CT molecular complexity index is 735. The fourth-order valence-corrected chi connectivity index (χ4v) is 4.40. The number of carbonyl (C=O) groups is 1. The molecule has 1 aromatic rings. The van der Waals surface area contributed by atoms with Gasteiger partial charge in [-0.1, -0.05) is 23.7 Å². The van der Waals surface area contributed by atoms with Crippen molar-refractivity contribution in [1.82, 2.24) is 16.0 Å². The number of carbonyl (C=O) groups excluding carboxylic acids is 1. The van der Waals surface area contributed by atoms with Gasteiger partial charge in [0, 0.05) is 30.6 Å². The van der Waals surface area contributed by atoms with Crippen molar-refractivity contribution in [3.8, 4) is 0 Å². The predicted octanol–water partition coefficient (Wildman–Crippen LogP) is 1.09. The molecule has 0 saturated carbocycles. The van der Waals surface area contributed by atoms with Crippen LogP contribution in [0.2, 0.25) is 5.02 Å². The van der Waals surface area contributed by atoms with Crippen LogP contribution >= 0.6 is 11.6 Å². The number of hydrogen-bond donors (Lipinski definition) is 3. The van der Waals surface area contributed by atoms with Crippen LogP contribution in [0.25, 0.3) is 0 Å². The number of hydrogen-bond acceptors (Lipinski definition) is 4. The molecule has 1 aliphatic rings. The van der Waals surface area contributed by atoms with Gasteiger partial charge in [0.25, 0.3) is 0 Å². The number of rotatable bonds is 7. The lowest BCUT2D eigenvalue weighted by Gasteiger charge is -2.13. The van der Waals surface area contributed by atoms with Crippen molar-refractivity contribution in [2.75, 3.05) is 24.6 Å². The first-order chi connectivity index (χ1) is 12.4. The van der Waals surface area contributed by atoms with Crippen molar-refractivity contribution in [3.05, 3.63) is 34.9 Å². The van der Waals surface area contributed by atoms with Crippen molar-refractivity contribution in [1.29, 1.82) is 0 Å². The minimum Gasteiger partial charge on any atom is -0.357 e. The molecule has 1 heterocycles. The maximum absolute atomic E-state index is 11.9. The van der Waals surface area contributed by atoms with E-state index in [0.717, 1.165) is 5.56 Å². The monoisotopic (exact) mass is 400 g/mol. The van der Waals surface area contributed by atoms with Crippen molar-refractivity contribution in [2.24, 2.45) is 4.99 Å². The van der Waals surface area contributed by atoms with Crippen LogP contribution in [0.1, 0.15) is 25.3 Å². The molecule has 26 heavy (non-hydrogen) atoms. The first kappa shape index (κ1) is 20.5. The number of halogens is 1. The van der Waals surface area contributed by atoms with E-state index in [1.165, 1.54) is 0 Å². The van der Waals surface area contributed by atoms with Gasteiger partial charge >= 0.3 is 0 Å². The van der Waals surface area contributed by atoms with E-state index in [1.54, 1.807) is 0 Å². The third-order valence-corrected chi connectivity index (χ3v) is 5.94. The van der Waals surface area contributed by atoms with Crippen molar-refractivity contribution in [3.63, 3.8) is 0 Å². The molecule has 2 rings (SSSR count). The fourth-order valence-electron chi connectivity index (χ4n) is 2.61. The summed E-state index contributed by atoms with van der Waals surface area (Å²) in [6.07, 6.45) is 0.745. The molecule has 1 aliphatic heterocycles. The van der Waals surface area contributed by atoms with Crippen molar-refractivity contribution in [2.45, 2.75) is 32.4 Å². The first-order valence-electron chi connectivity index (χ1n) is 8.64. The molecule has 1 unspecified atom stereocenters. The molecule has 0 bridgehead atoms. The van der Waals surface area contributed by atoms with Crippen molar-refractivity contribution >= 4 is 33.3 Å². The first-order valence-corrected chi connectivity index (χ1v) is 10.8. The summed E-state index contributed by atoms with van der Waals surface area (Å²) in [5.74, 6) is 0.655. The summed E-state index contributed by atoms with van der Waals surface area (Å²) in [5, 5.41) is 9.69. The third-order valence-electron chi connectivity index (χ3n) is 3.92. The van der Waals surface area contributed by atoms with Crippen LogP contribution in [-0.2, 0) is 21.2 Å². The van der Waals surface area contributed by atoms with Crippen LogP contribution in [-0.4, -0.2) is 50.9 Å². The van der Waals surface area contributed by atoms with Crippen LogP contribution in [0.4, 0.5) is 0 Å². The van der Waals surface area contributed by atoms with E-state index in [9.17, 15) is 13.2 Å². The summed E-state index contributed by atoms with van der Waals surface area (Å²) in [7, 11) is -2.99. The Morgan fingerprint density at radius 3 is 2.62 bits per heavy atom. The molecule has 0 aliphatic carbocycles. The minimum atomic E-state index is -2.99. The number of benzene rings is 1. The molecule has 144 valence electrons. The average Bonchev–Trinajstić information content (AvgIpc) is 2.92. The number of sulfone groups is 1. The largest absolute Gasteiger partial charge is 0.357 e. The molecular weight excluding hydrogens is 376 g/mol. The Labute approximate surface area is 159 Å². The molecule has 0 aromatic heterocycles. The van der Waals surface area contributed by atoms with Gasteiger partial charge < -0.3 is 16.0 Å². The lowest BCUT2D eigenvalue weighted by Crippen LogP contribution is -2.41. The standard InChI is InChI=1S/C17H25ClN4O3S/c1-2-19-17(21-11-13-3-5-14(18)6-4-13)20-9-7-16(23)22-15-8-10-26(24,25)12-15/h3-6,15H,2,7-12H2,1H3,(H,22,23)(H2,19,20,21). The third kappa shape index (κ3) is 7.21. The quantitative estimate of drug-likeness (QED) is 0.470. The molecular formula is C17H25ClN4O3S. The maximum Gasteiger partial charge on any atom is 0.222 e. The molecule has 0 radical (unpaired) electrons. The topological polar surface area (TPSA) is 99.7 Å². The smallest absolute Gasteiger partial charge is 0.222 e. The Morgan fingerprint density at radius 1 is 1.27 bits per heavy atom. The fraction of sp³-hybridized carbons (Fsp3) is 0.529. The van der Waals surface area contributed by atoms with Gasteiger partial charge in [0.15, 0.2) is 15.8 Å². The number of amides is 1. The number of nitrogens with one attached hydrogen (secondary N) is 3. The lowest BCUT2D eigenvalue weighted by atomic mass is 10.2. The molecule has 1 aromatic carbocycles.